The van der Waals surface area contributed by atoms with E-state index in [1.807, 2.05) is 0 Å². The summed E-state index contributed by atoms with van der Waals surface area (Å²) in [5, 5.41) is 2.46. The molecule has 0 aromatic heterocycles. The van der Waals surface area contributed by atoms with Gasteiger partial charge in [0.15, 0.2) is 0 Å². The molecule has 0 aromatic rings. The summed E-state index contributed by atoms with van der Waals surface area (Å²) in [6.45, 7) is 10.6. The molecule has 7 nitrogen and oxygen atoms in total. The molecule has 1 aliphatic heterocycles. The van der Waals surface area contributed by atoms with Crippen LogP contribution >= 0.6 is 0 Å². The fraction of sp³-hybridized carbons (Fsp3) is 0.737. The van der Waals surface area contributed by atoms with Gasteiger partial charge in [-0.25, -0.2) is 4.79 Å². The van der Waals surface area contributed by atoms with E-state index in [2.05, 4.69) is 32.3 Å². The molecule has 2 aliphatic rings. The Morgan fingerprint density at radius 2 is 1.65 bits per heavy atom. The standard InChI is InChI=1S/C14H23N3O4.C3H8.C2H4.2H2/c15-13(19)11-7-3-4-8-17(11)12(18)9-16-14(20)21-10-5-1-2-6-10;1-3-2;1-2;;/h10-11H,1-9H2,(H2,15,19)(H,16,20);3H2,1-2H3;1-2H2;2*1H/t11-;;;;/m0..../s1. The molecule has 0 aromatic carbocycles. The average molecular weight is 374 g/mol. The Bertz CT molecular complexity index is 447. The van der Waals surface area contributed by atoms with Crippen LogP contribution in [0.2, 0.25) is 0 Å². The summed E-state index contributed by atoms with van der Waals surface area (Å²) < 4.78 is 5.21. The maximum atomic E-state index is 12.1. The normalized spacial score (nSPS) is 19.3. The highest BCUT2D eigenvalue weighted by atomic mass is 16.6. The molecule has 1 aliphatic carbocycles. The zero-order valence-electron chi connectivity index (χ0n) is 16.3. The molecular weight excluding hydrogens is 334 g/mol. The van der Waals surface area contributed by atoms with Crippen molar-refractivity contribution in [2.75, 3.05) is 13.1 Å². The Labute approximate surface area is 160 Å². The minimum Gasteiger partial charge on any atom is -0.446 e. The lowest BCUT2D eigenvalue weighted by Crippen LogP contribution is -2.53. The number of piperidine rings is 1. The van der Waals surface area contributed by atoms with Crippen LogP contribution in [0.3, 0.4) is 0 Å². The predicted molar refractivity (Wildman–Crippen MR) is 107 cm³/mol. The van der Waals surface area contributed by atoms with Crippen molar-refractivity contribution in [2.24, 2.45) is 5.73 Å². The summed E-state index contributed by atoms with van der Waals surface area (Å²) >= 11 is 0. The fourth-order valence-electron chi connectivity index (χ4n) is 2.97. The minimum absolute atomic E-state index is 0. The first-order valence-corrected chi connectivity index (χ1v) is 9.52. The first kappa shape index (κ1) is 23.9. The van der Waals surface area contributed by atoms with Crippen molar-refractivity contribution in [3.8, 4) is 0 Å². The molecule has 0 unspecified atom stereocenters. The van der Waals surface area contributed by atoms with Gasteiger partial charge in [0.05, 0.1) is 0 Å². The van der Waals surface area contributed by atoms with Gasteiger partial charge >= 0.3 is 6.09 Å². The molecule has 3 N–H and O–H groups in total. The number of rotatable bonds is 4. The van der Waals surface area contributed by atoms with Gasteiger partial charge < -0.3 is 20.7 Å². The number of carbonyl (C=O) groups excluding carboxylic acids is 3. The molecule has 2 fully saturated rings. The third-order valence-electron chi connectivity index (χ3n) is 4.11. The van der Waals surface area contributed by atoms with Crippen LogP contribution in [0, 0.1) is 0 Å². The van der Waals surface area contributed by atoms with Crippen molar-refractivity contribution in [1.29, 1.82) is 0 Å². The Kier molecular flexibility index (Phi) is 13.0. The van der Waals surface area contributed by atoms with Crippen LogP contribution < -0.4 is 11.1 Å². The molecule has 1 atom stereocenters. The number of hydrogen-bond donors (Lipinski definition) is 2. The number of alkyl carbamates (subject to hydrolysis) is 1. The van der Waals surface area contributed by atoms with Crippen LogP contribution in [0.4, 0.5) is 4.79 Å². The van der Waals surface area contributed by atoms with Gasteiger partial charge in [-0.3, -0.25) is 9.59 Å². The second-order valence-electron chi connectivity index (χ2n) is 6.37. The second kappa shape index (κ2) is 14.2. The lowest BCUT2D eigenvalue weighted by molar-refractivity contribution is -0.140. The number of nitrogens with zero attached hydrogens (tertiary/aromatic N) is 1. The van der Waals surface area contributed by atoms with Crippen molar-refractivity contribution in [1.82, 2.24) is 10.2 Å². The van der Waals surface area contributed by atoms with E-state index in [1.54, 1.807) is 0 Å². The summed E-state index contributed by atoms with van der Waals surface area (Å²) in [5.74, 6) is -0.779. The number of ether oxygens (including phenoxy) is 1. The largest absolute Gasteiger partial charge is 0.446 e. The molecule has 1 heterocycles. The smallest absolute Gasteiger partial charge is 0.407 e. The number of carbonyl (C=O) groups is 3. The van der Waals surface area contributed by atoms with Gasteiger partial charge in [-0.05, 0) is 44.9 Å². The zero-order chi connectivity index (χ0) is 19.9. The van der Waals surface area contributed by atoms with E-state index in [1.165, 1.54) is 11.3 Å². The molecule has 1 saturated heterocycles. The SMILES string of the molecule is C=C.CCC.NC(=O)[C@@H]1CCCCN1C(=O)CNC(=O)OC1CCCC1.[HH].[HH]. The molecule has 7 heteroatoms. The summed E-state index contributed by atoms with van der Waals surface area (Å²) in [6, 6.07) is -0.557. The van der Waals surface area contributed by atoms with Crippen LogP contribution in [0.25, 0.3) is 0 Å². The van der Waals surface area contributed by atoms with Crippen LogP contribution in [0.15, 0.2) is 13.2 Å². The molecular formula is C19H39N3O4. The third-order valence-corrected chi connectivity index (χ3v) is 4.11. The van der Waals surface area contributed by atoms with Gasteiger partial charge in [-0.15, -0.1) is 13.2 Å². The van der Waals surface area contributed by atoms with Crippen LogP contribution in [-0.2, 0) is 14.3 Å². The number of likely N-dealkylation sites (tertiary alicyclic amines) is 1. The third kappa shape index (κ3) is 8.87. The van der Waals surface area contributed by atoms with Crippen molar-refractivity contribution in [3.63, 3.8) is 0 Å². The van der Waals surface area contributed by atoms with Gasteiger partial charge in [-0.2, -0.15) is 0 Å². The van der Waals surface area contributed by atoms with Gasteiger partial charge in [-0.1, -0.05) is 20.3 Å². The van der Waals surface area contributed by atoms with Crippen LogP contribution in [0.5, 0.6) is 0 Å². The Hall–Kier alpha value is -2.05. The monoisotopic (exact) mass is 373 g/mol. The Morgan fingerprint density at radius 3 is 2.19 bits per heavy atom. The van der Waals surface area contributed by atoms with E-state index in [-0.39, 0.29) is 21.4 Å². The lowest BCUT2D eigenvalue weighted by Gasteiger charge is -2.33. The molecule has 154 valence electrons. The van der Waals surface area contributed by atoms with Crippen molar-refractivity contribution < 1.29 is 22.0 Å². The Morgan fingerprint density at radius 1 is 1.12 bits per heavy atom. The summed E-state index contributed by atoms with van der Waals surface area (Å²) in [7, 11) is 0. The van der Waals surface area contributed by atoms with Crippen molar-refractivity contribution in [2.45, 2.75) is 77.4 Å². The molecule has 26 heavy (non-hydrogen) atoms. The average Bonchev–Trinajstić information content (AvgIpc) is 3.15. The van der Waals surface area contributed by atoms with Gasteiger partial charge in [0, 0.05) is 9.40 Å². The minimum atomic E-state index is -0.567. The summed E-state index contributed by atoms with van der Waals surface area (Å²) in [4.78, 5) is 36.5. The van der Waals surface area contributed by atoms with E-state index in [0.29, 0.717) is 13.0 Å². The second-order valence-corrected chi connectivity index (χ2v) is 6.37. The first-order chi connectivity index (χ1) is 12.5. The maximum absolute atomic E-state index is 12.1. The highest BCUT2D eigenvalue weighted by Gasteiger charge is 2.30. The zero-order valence-corrected chi connectivity index (χ0v) is 16.3. The van der Waals surface area contributed by atoms with E-state index < -0.39 is 18.0 Å². The topological polar surface area (TPSA) is 102 Å². The number of primary amides is 1. The molecule has 2 rings (SSSR count). The highest BCUT2D eigenvalue weighted by molar-refractivity contribution is 5.88. The number of amides is 3. The number of hydrogen-bond acceptors (Lipinski definition) is 4. The van der Waals surface area contributed by atoms with Crippen LogP contribution in [-0.4, -0.2) is 48.0 Å². The van der Waals surface area contributed by atoms with E-state index >= 15 is 0 Å². The maximum Gasteiger partial charge on any atom is 0.407 e. The van der Waals surface area contributed by atoms with Crippen molar-refractivity contribution >= 4 is 17.9 Å². The fourth-order valence-corrected chi connectivity index (χ4v) is 2.97. The lowest BCUT2D eigenvalue weighted by atomic mass is 10.0. The van der Waals surface area contributed by atoms with Gasteiger partial charge in [0.25, 0.3) is 0 Å². The van der Waals surface area contributed by atoms with Gasteiger partial charge in [0.2, 0.25) is 11.8 Å². The Balaban J connectivity index is -0.000000815. The molecule has 0 bridgehead atoms. The van der Waals surface area contributed by atoms with E-state index in [4.69, 9.17) is 10.5 Å². The molecule has 0 spiro atoms. The first-order valence-electron chi connectivity index (χ1n) is 9.52. The van der Waals surface area contributed by atoms with Gasteiger partial charge in [0.1, 0.15) is 18.7 Å². The van der Waals surface area contributed by atoms with E-state index in [9.17, 15) is 14.4 Å². The van der Waals surface area contributed by atoms with Crippen LogP contribution in [0.1, 0.15) is 68.1 Å². The quantitative estimate of drug-likeness (QED) is 0.739. The molecule has 3 amide bonds. The van der Waals surface area contributed by atoms with Crippen molar-refractivity contribution in [3.05, 3.63) is 13.2 Å². The predicted octanol–water partition coefficient (Wildman–Crippen LogP) is 3.23. The molecule has 1 saturated carbocycles. The summed E-state index contributed by atoms with van der Waals surface area (Å²) in [5.41, 5.74) is 5.32. The number of nitrogens with two attached hydrogens (primary N) is 1. The van der Waals surface area contributed by atoms with E-state index in [0.717, 1.165) is 38.5 Å². The highest BCUT2D eigenvalue weighted by Crippen LogP contribution is 2.21. The number of nitrogens with one attached hydrogen (secondary N) is 1. The summed E-state index contributed by atoms with van der Waals surface area (Å²) in [6.07, 6.45) is 6.89. The molecule has 0 radical (unpaired) electrons.